The second-order valence-electron chi connectivity index (χ2n) is 4.17. The SMILES string of the molecule is Cc1ccc(CC(N)C(=O)NN(C)C)cc1. The fourth-order valence-corrected chi connectivity index (χ4v) is 1.37. The first-order chi connectivity index (χ1) is 7.49. The van der Waals surface area contributed by atoms with Crippen LogP contribution in [0.1, 0.15) is 11.1 Å². The molecule has 1 aromatic rings. The second kappa shape index (κ2) is 5.63. The highest BCUT2D eigenvalue weighted by Gasteiger charge is 2.14. The average Bonchev–Trinajstić information content (AvgIpc) is 2.20. The highest BCUT2D eigenvalue weighted by Crippen LogP contribution is 2.05. The van der Waals surface area contributed by atoms with Gasteiger partial charge in [0.15, 0.2) is 0 Å². The second-order valence-corrected chi connectivity index (χ2v) is 4.17. The molecule has 4 heteroatoms. The molecule has 0 saturated carbocycles. The molecule has 1 atom stereocenters. The van der Waals surface area contributed by atoms with E-state index in [2.05, 4.69) is 5.43 Å². The molecule has 0 aliphatic carbocycles. The van der Waals surface area contributed by atoms with Crippen molar-refractivity contribution in [1.29, 1.82) is 0 Å². The van der Waals surface area contributed by atoms with Gasteiger partial charge in [0, 0.05) is 14.1 Å². The molecule has 0 radical (unpaired) electrons. The maximum absolute atomic E-state index is 11.5. The van der Waals surface area contributed by atoms with Crippen LogP contribution in [0.5, 0.6) is 0 Å². The van der Waals surface area contributed by atoms with Crippen LogP contribution in [-0.4, -0.2) is 31.1 Å². The van der Waals surface area contributed by atoms with Crippen molar-refractivity contribution in [2.45, 2.75) is 19.4 Å². The Labute approximate surface area is 96.4 Å². The first-order valence-corrected chi connectivity index (χ1v) is 5.28. The van der Waals surface area contributed by atoms with Crippen molar-refractivity contribution >= 4 is 5.91 Å². The van der Waals surface area contributed by atoms with E-state index in [4.69, 9.17) is 5.73 Å². The molecular formula is C12H19N3O. The van der Waals surface area contributed by atoms with Gasteiger partial charge in [-0.1, -0.05) is 29.8 Å². The summed E-state index contributed by atoms with van der Waals surface area (Å²) in [4.78, 5) is 11.5. The number of hydrogen-bond donors (Lipinski definition) is 2. The minimum atomic E-state index is -0.509. The Morgan fingerprint density at radius 2 is 1.94 bits per heavy atom. The molecule has 88 valence electrons. The van der Waals surface area contributed by atoms with Gasteiger partial charge in [-0.15, -0.1) is 0 Å². The zero-order chi connectivity index (χ0) is 12.1. The van der Waals surface area contributed by atoms with Crippen molar-refractivity contribution in [1.82, 2.24) is 10.4 Å². The van der Waals surface area contributed by atoms with Crippen LogP contribution in [0, 0.1) is 6.92 Å². The van der Waals surface area contributed by atoms with E-state index >= 15 is 0 Å². The average molecular weight is 221 g/mol. The maximum atomic E-state index is 11.5. The lowest BCUT2D eigenvalue weighted by molar-refractivity contribution is -0.126. The number of nitrogens with two attached hydrogens (primary N) is 1. The van der Waals surface area contributed by atoms with Gasteiger partial charge in [0.05, 0.1) is 6.04 Å². The number of carbonyl (C=O) groups is 1. The molecule has 3 N–H and O–H groups in total. The van der Waals surface area contributed by atoms with E-state index in [1.807, 2.05) is 31.2 Å². The van der Waals surface area contributed by atoms with Gasteiger partial charge in [-0.25, -0.2) is 5.01 Å². The van der Waals surface area contributed by atoms with Gasteiger partial charge in [-0.3, -0.25) is 10.2 Å². The number of amides is 1. The lowest BCUT2D eigenvalue weighted by atomic mass is 10.0. The molecule has 0 spiro atoms. The molecule has 0 bridgehead atoms. The normalized spacial score (nSPS) is 12.6. The Morgan fingerprint density at radius 3 is 2.44 bits per heavy atom. The minimum absolute atomic E-state index is 0.162. The Kier molecular flexibility index (Phi) is 4.46. The largest absolute Gasteiger partial charge is 0.320 e. The van der Waals surface area contributed by atoms with Crippen molar-refractivity contribution in [2.24, 2.45) is 5.73 Å². The predicted octanol–water partition coefficient (Wildman–Crippen LogP) is 0.458. The Bertz CT molecular complexity index is 346. The number of aryl methyl sites for hydroxylation is 1. The zero-order valence-electron chi connectivity index (χ0n) is 10.0. The standard InChI is InChI=1S/C12H19N3O/c1-9-4-6-10(7-5-9)8-11(13)12(16)14-15(2)3/h4-7,11H,8,13H2,1-3H3,(H,14,16). The predicted molar refractivity (Wildman–Crippen MR) is 64.7 cm³/mol. The summed E-state index contributed by atoms with van der Waals surface area (Å²) >= 11 is 0. The maximum Gasteiger partial charge on any atom is 0.251 e. The molecule has 4 nitrogen and oxygen atoms in total. The van der Waals surface area contributed by atoms with Crippen molar-refractivity contribution in [3.8, 4) is 0 Å². The third kappa shape index (κ3) is 4.00. The molecule has 0 saturated heterocycles. The van der Waals surface area contributed by atoms with Gasteiger partial charge in [-0.2, -0.15) is 0 Å². The van der Waals surface area contributed by atoms with Gasteiger partial charge in [0.25, 0.3) is 5.91 Å². The summed E-state index contributed by atoms with van der Waals surface area (Å²) in [6.07, 6.45) is 0.556. The van der Waals surface area contributed by atoms with Crippen LogP contribution < -0.4 is 11.2 Å². The summed E-state index contributed by atoms with van der Waals surface area (Å²) in [7, 11) is 3.52. The van der Waals surface area contributed by atoms with Crippen molar-refractivity contribution < 1.29 is 4.79 Å². The topological polar surface area (TPSA) is 58.4 Å². The number of carbonyl (C=O) groups excluding carboxylic acids is 1. The number of hydrazine groups is 1. The van der Waals surface area contributed by atoms with Gasteiger partial charge in [0.1, 0.15) is 0 Å². The van der Waals surface area contributed by atoms with E-state index in [0.717, 1.165) is 5.56 Å². The lowest BCUT2D eigenvalue weighted by Crippen LogP contribution is -2.47. The van der Waals surface area contributed by atoms with Crippen molar-refractivity contribution in [3.63, 3.8) is 0 Å². The Morgan fingerprint density at radius 1 is 1.38 bits per heavy atom. The third-order valence-corrected chi connectivity index (χ3v) is 2.25. The number of nitrogens with zero attached hydrogens (tertiary/aromatic N) is 1. The number of benzene rings is 1. The van der Waals surface area contributed by atoms with Crippen LogP contribution >= 0.6 is 0 Å². The highest BCUT2D eigenvalue weighted by molar-refractivity contribution is 5.81. The molecule has 1 unspecified atom stereocenters. The first kappa shape index (κ1) is 12.7. The van der Waals surface area contributed by atoms with Crippen molar-refractivity contribution in [3.05, 3.63) is 35.4 Å². The molecule has 16 heavy (non-hydrogen) atoms. The van der Waals surface area contributed by atoms with Gasteiger partial charge in [0.2, 0.25) is 0 Å². The smallest absolute Gasteiger partial charge is 0.251 e. The molecule has 0 aromatic heterocycles. The van der Waals surface area contributed by atoms with Crippen LogP contribution in [0.4, 0.5) is 0 Å². The monoisotopic (exact) mass is 221 g/mol. The molecule has 0 fully saturated rings. The summed E-state index contributed by atoms with van der Waals surface area (Å²) in [5.41, 5.74) is 10.7. The third-order valence-electron chi connectivity index (χ3n) is 2.25. The summed E-state index contributed by atoms with van der Waals surface area (Å²) in [5.74, 6) is -0.162. The molecule has 0 heterocycles. The van der Waals surface area contributed by atoms with E-state index in [1.165, 1.54) is 5.56 Å². The van der Waals surface area contributed by atoms with Gasteiger partial charge in [-0.05, 0) is 18.9 Å². The van der Waals surface area contributed by atoms with Crippen LogP contribution in [0.25, 0.3) is 0 Å². The fraction of sp³-hybridized carbons (Fsp3) is 0.417. The van der Waals surface area contributed by atoms with E-state index in [1.54, 1.807) is 19.1 Å². The van der Waals surface area contributed by atoms with Crippen LogP contribution in [0.15, 0.2) is 24.3 Å². The quantitative estimate of drug-likeness (QED) is 0.726. The minimum Gasteiger partial charge on any atom is -0.320 e. The van der Waals surface area contributed by atoms with E-state index in [0.29, 0.717) is 6.42 Å². The molecular weight excluding hydrogens is 202 g/mol. The summed E-state index contributed by atoms with van der Waals surface area (Å²) in [6.45, 7) is 2.03. The number of nitrogens with one attached hydrogen (secondary N) is 1. The molecule has 1 rings (SSSR count). The Hall–Kier alpha value is -1.39. The molecule has 0 aliphatic heterocycles. The molecule has 1 aromatic carbocycles. The highest BCUT2D eigenvalue weighted by atomic mass is 16.2. The summed E-state index contributed by atoms with van der Waals surface area (Å²) in [6, 6.07) is 7.53. The van der Waals surface area contributed by atoms with E-state index in [-0.39, 0.29) is 5.91 Å². The van der Waals surface area contributed by atoms with Crippen LogP contribution in [-0.2, 0) is 11.2 Å². The summed E-state index contributed by atoms with van der Waals surface area (Å²) < 4.78 is 0. The van der Waals surface area contributed by atoms with Gasteiger partial charge < -0.3 is 5.73 Å². The van der Waals surface area contributed by atoms with Gasteiger partial charge >= 0.3 is 0 Å². The Balaban J connectivity index is 2.53. The molecule has 1 amide bonds. The van der Waals surface area contributed by atoms with E-state index < -0.39 is 6.04 Å². The lowest BCUT2D eigenvalue weighted by Gasteiger charge is -2.16. The first-order valence-electron chi connectivity index (χ1n) is 5.28. The van der Waals surface area contributed by atoms with Crippen LogP contribution in [0.3, 0.4) is 0 Å². The molecule has 0 aliphatic rings. The number of rotatable bonds is 4. The van der Waals surface area contributed by atoms with Crippen molar-refractivity contribution in [2.75, 3.05) is 14.1 Å². The van der Waals surface area contributed by atoms with E-state index in [9.17, 15) is 4.79 Å². The number of hydrogen-bond acceptors (Lipinski definition) is 3. The fourth-order valence-electron chi connectivity index (χ4n) is 1.37. The summed E-state index contributed by atoms with van der Waals surface area (Å²) in [5, 5.41) is 1.59. The zero-order valence-corrected chi connectivity index (χ0v) is 10.0. The van der Waals surface area contributed by atoms with Crippen LogP contribution in [0.2, 0.25) is 0 Å².